The number of aliphatic hydroxyl groups excluding tert-OH is 1. The van der Waals surface area contributed by atoms with Gasteiger partial charge >= 0.3 is 0 Å². The predicted octanol–water partition coefficient (Wildman–Crippen LogP) is 4.04. The lowest BCUT2D eigenvalue weighted by Crippen LogP contribution is -2.47. The van der Waals surface area contributed by atoms with Crippen LogP contribution in [0.2, 0.25) is 0 Å². The summed E-state index contributed by atoms with van der Waals surface area (Å²) >= 11 is 1.78. The van der Waals surface area contributed by atoms with E-state index in [1.807, 2.05) is 6.07 Å². The van der Waals surface area contributed by atoms with Gasteiger partial charge in [-0.15, -0.1) is 0 Å². The first-order valence-corrected chi connectivity index (χ1v) is 11.5. The van der Waals surface area contributed by atoms with Crippen LogP contribution in [-0.4, -0.2) is 65.5 Å². The highest BCUT2D eigenvalue weighted by Crippen LogP contribution is 2.32. The fourth-order valence-corrected chi connectivity index (χ4v) is 5.00. The van der Waals surface area contributed by atoms with Crippen LogP contribution >= 0.6 is 11.8 Å². The summed E-state index contributed by atoms with van der Waals surface area (Å²) in [6, 6.07) is 12.1. The normalized spacial score (nSPS) is 18.3. The highest BCUT2D eigenvalue weighted by Gasteiger charge is 2.27. The maximum absolute atomic E-state index is 13.2. The zero-order chi connectivity index (χ0) is 21.8. The molecule has 2 heterocycles. The first-order chi connectivity index (χ1) is 15.0. The molecule has 4 rings (SSSR count). The number of hydrogen-bond acceptors (Lipinski definition) is 6. The van der Waals surface area contributed by atoms with Crippen LogP contribution in [0, 0.1) is 11.6 Å². The van der Waals surface area contributed by atoms with Crippen molar-refractivity contribution in [1.29, 1.82) is 0 Å². The Morgan fingerprint density at radius 1 is 1.19 bits per heavy atom. The second-order valence-electron chi connectivity index (χ2n) is 8.00. The van der Waals surface area contributed by atoms with E-state index in [0.29, 0.717) is 12.6 Å². The zero-order valence-corrected chi connectivity index (χ0v) is 18.3. The van der Waals surface area contributed by atoms with E-state index in [1.165, 1.54) is 11.6 Å². The lowest BCUT2D eigenvalue weighted by Gasteiger charge is -2.39. The number of amidine groups is 1. The maximum atomic E-state index is 13.2. The van der Waals surface area contributed by atoms with E-state index in [0.717, 1.165) is 54.7 Å². The molecule has 2 aromatic rings. The maximum Gasteiger partial charge on any atom is 0.164 e. The van der Waals surface area contributed by atoms with Gasteiger partial charge in [0.05, 0.1) is 5.69 Å². The molecule has 2 aliphatic rings. The van der Waals surface area contributed by atoms with Crippen LogP contribution in [0.5, 0.6) is 5.75 Å². The number of nitrogens with zero attached hydrogens (tertiary/aromatic N) is 3. The number of para-hydroxylation sites is 1. The summed E-state index contributed by atoms with van der Waals surface area (Å²) in [7, 11) is 2.12. The van der Waals surface area contributed by atoms with E-state index in [4.69, 9.17) is 9.73 Å². The van der Waals surface area contributed by atoms with E-state index < -0.39 is 17.7 Å². The van der Waals surface area contributed by atoms with Gasteiger partial charge in [-0.25, -0.2) is 13.8 Å². The van der Waals surface area contributed by atoms with Gasteiger partial charge in [0.25, 0.3) is 0 Å². The Hall–Kier alpha value is -2.16. The second kappa shape index (κ2) is 9.97. The van der Waals surface area contributed by atoms with Crippen LogP contribution in [0.25, 0.3) is 0 Å². The minimum absolute atomic E-state index is 0.0394. The molecule has 0 bridgehead atoms. The molecular formula is C23H27F2N3O2S. The van der Waals surface area contributed by atoms with Crippen LogP contribution in [0.4, 0.5) is 14.5 Å². The molecule has 166 valence electrons. The average Bonchev–Trinajstić information content (AvgIpc) is 2.79. The van der Waals surface area contributed by atoms with Crippen LogP contribution < -0.4 is 4.74 Å². The molecule has 1 saturated heterocycles. The number of aliphatic hydroxyl groups is 1. The number of rotatable bonds is 6. The van der Waals surface area contributed by atoms with Crippen LogP contribution in [0.3, 0.4) is 0 Å². The Bertz CT molecular complexity index is 935. The Morgan fingerprint density at radius 3 is 2.74 bits per heavy atom. The Morgan fingerprint density at radius 2 is 1.97 bits per heavy atom. The number of β-amino-alcohol motifs (C(OH)–C–C–N with tert-alkyl or cyclic N) is 1. The van der Waals surface area contributed by atoms with Gasteiger partial charge in [0, 0.05) is 44.5 Å². The predicted molar refractivity (Wildman–Crippen MR) is 120 cm³/mol. The minimum Gasteiger partial charge on any atom is -0.491 e. The van der Waals surface area contributed by atoms with Crippen molar-refractivity contribution in [3.63, 3.8) is 0 Å². The van der Waals surface area contributed by atoms with Gasteiger partial charge in [0.2, 0.25) is 0 Å². The monoisotopic (exact) mass is 447 g/mol. The van der Waals surface area contributed by atoms with Gasteiger partial charge in [0.15, 0.2) is 16.8 Å². The second-order valence-corrected chi connectivity index (χ2v) is 8.94. The summed E-state index contributed by atoms with van der Waals surface area (Å²) in [6.07, 6.45) is 1.29. The number of aliphatic imine (C=N–C) groups is 1. The molecule has 0 saturated carbocycles. The van der Waals surface area contributed by atoms with Crippen molar-refractivity contribution in [2.45, 2.75) is 30.7 Å². The van der Waals surface area contributed by atoms with Crippen LogP contribution in [-0.2, 0) is 5.75 Å². The number of halogens is 2. The minimum atomic E-state index is -0.956. The molecule has 2 aliphatic heterocycles. The van der Waals surface area contributed by atoms with Crippen LogP contribution in [0.15, 0.2) is 47.5 Å². The van der Waals surface area contributed by atoms with Crippen molar-refractivity contribution in [2.24, 2.45) is 4.99 Å². The standard InChI is InChI=1S/C23H27F2N3O2S/c1-27(23-26-22-5-3-2-4-16(22)15-31-23)17-8-10-28(11-9-17)13-18(29)14-30-19-6-7-20(24)21(25)12-19/h2-7,12,17-18,29H,8-11,13-15H2,1H3. The van der Waals surface area contributed by atoms with Crippen molar-refractivity contribution >= 4 is 22.6 Å². The quantitative estimate of drug-likeness (QED) is 0.725. The first-order valence-electron chi connectivity index (χ1n) is 10.5. The van der Waals surface area contributed by atoms with Crippen molar-refractivity contribution in [3.05, 3.63) is 59.7 Å². The molecule has 1 N–H and O–H groups in total. The number of ether oxygens (including phenoxy) is 1. The number of likely N-dealkylation sites (tertiary alicyclic amines) is 1. The molecule has 0 aromatic heterocycles. The molecule has 8 heteroatoms. The number of thioether (sulfide) groups is 1. The summed E-state index contributed by atoms with van der Waals surface area (Å²) in [5.41, 5.74) is 2.34. The molecule has 5 nitrogen and oxygen atoms in total. The van der Waals surface area contributed by atoms with Gasteiger partial charge in [-0.2, -0.15) is 0 Å². The molecule has 1 unspecified atom stereocenters. The highest BCUT2D eigenvalue weighted by atomic mass is 32.2. The van der Waals surface area contributed by atoms with Gasteiger partial charge in [-0.05, 0) is 36.6 Å². The van der Waals surface area contributed by atoms with E-state index in [-0.39, 0.29) is 12.4 Å². The molecule has 0 radical (unpaired) electrons. The highest BCUT2D eigenvalue weighted by molar-refractivity contribution is 8.13. The average molecular weight is 448 g/mol. The summed E-state index contributed by atoms with van der Waals surface area (Å²) < 4.78 is 31.6. The van der Waals surface area contributed by atoms with Crippen molar-refractivity contribution in [1.82, 2.24) is 9.80 Å². The van der Waals surface area contributed by atoms with Crippen LogP contribution in [0.1, 0.15) is 18.4 Å². The molecule has 0 spiro atoms. The smallest absolute Gasteiger partial charge is 0.164 e. The van der Waals surface area contributed by atoms with E-state index in [2.05, 4.69) is 35.0 Å². The third-order valence-corrected chi connectivity index (χ3v) is 6.87. The third-order valence-electron chi connectivity index (χ3n) is 5.77. The van der Waals surface area contributed by atoms with Gasteiger partial charge in [-0.3, -0.25) is 0 Å². The Labute approximate surface area is 185 Å². The van der Waals surface area contributed by atoms with E-state index >= 15 is 0 Å². The van der Waals surface area contributed by atoms with Gasteiger partial charge < -0.3 is 19.6 Å². The van der Waals surface area contributed by atoms with Crippen molar-refractivity contribution < 1.29 is 18.6 Å². The largest absolute Gasteiger partial charge is 0.491 e. The van der Waals surface area contributed by atoms with Crippen molar-refractivity contribution in [3.8, 4) is 5.75 Å². The Balaban J connectivity index is 1.23. The lowest BCUT2D eigenvalue weighted by atomic mass is 10.0. The number of benzene rings is 2. The topological polar surface area (TPSA) is 48.3 Å². The van der Waals surface area contributed by atoms with Gasteiger partial charge in [0.1, 0.15) is 18.5 Å². The Kier molecular flexibility index (Phi) is 7.09. The fraction of sp³-hybridized carbons (Fsp3) is 0.435. The molecule has 2 aromatic carbocycles. The molecule has 1 atom stereocenters. The first kappa shape index (κ1) is 22.0. The SMILES string of the molecule is CN(C1=Nc2ccccc2CS1)C1CCN(CC(O)COc2ccc(F)c(F)c2)CC1. The summed E-state index contributed by atoms with van der Waals surface area (Å²) in [6.45, 7) is 2.29. The lowest BCUT2D eigenvalue weighted by molar-refractivity contribution is 0.0536. The number of fused-ring (bicyclic) bond motifs is 1. The van der Waals surface area contributed by atoms with Gasteiger partial charge in [-0.1, -0.05) is 30.0 Å². The molecule has 0 aliphatic carbocycles. The number of hydrogen-bond donors (Lipinski definition) is 1. The molecular weight excluding hydrogens is 420 g/mol. The van der Waals surface area contributed by atoms with E-state index in [9.17, 15) is 13.9 Å². The fourth-order valence-electron chi connectivity index (χ4n) is 3.96. The van der Waals surface area contributed by atoms with Crippen molar-refractivity contribution in [2.75, 3.05) is 33.3 Å². The summed E-state index contributed by atoms with van der Waals surface area (Å²) in [4.78, 5) is 9.35. The molecule has 31 heavy (non-hydrogen) atoms. The van der Waals surface area contributed by atoms with E-state index in [1.54, 1.807) is 11.8 Å². The molecule has 0 amide bonds. The number of piperidine rings is 1. The third kappa shape index (κ3) is 5.56. The zero-order valence-electron chi connectivity index (χ0n) is 17.5. The molecule has 1 fully saturated rings. The summed E-state index contributed by atoms with van der Waals surface area (Å²) in [5.74, 6) is -0.710. The summed E-state index contributed by atoms with van der Waals surface area (Å²) in [5, 5.41) is 11.4.